The number of benzene rings is 1. The number of hydrogen-bond donors (Lipinski definition) is 2. The summed E-state index contributed by atoms with van der Waals surface area (Å²) in [6, 6.07) is 6.17. The minimum Gasteiger partial charge on any atom is -0.366 e. The van der Waals surface area contributed by atoms with E-state index in [1.807, 2.05) is 13.1 Å². The second-order valence-electron chi connectivity index (χ2n) is 2.97. The van der Waals surface area contributed by atoms with E-state index < -0.39 is 0 Å². The molecule has 0 bridgehead atoms. The van der Waals surface area contributed by atoms with Gasteiger partial charge >= 0.3 is 0 Å². The molecule has 0 radical (unpaired) electrons. The van der Waals surface area contributed by atoms with Crippen molar-refractivity contribution in [3.63, 3.8) is 0 Å². The summed E-state index contributed by atoms with van der Waals surface area (Å²) in [6.07, 6.45) is 0. The van der Waals surface area contributed by atoms with Crippen molar-refractivity contribution in [3.8, 4) is 0 Å². The van der Waals surface area contributed by atoms with Gasteiger partial charge in [-0.05, 0) is 37.2 Å². The lowest BCUT2D eigenvalue weighted by Gasteiger charge is -2.12. The number of aryl methyl sites for hydroxylation is 2. The Balaban J connectivity index is 2.93. The summed E-state index contributed by atoms with van der Waals surface area (Å²) in [4.78, 5) is 0. The minimum atomic E-state index is 0.650. The van der Waals surface area contributed by atoms with Gasteiger partial charge in [0.1, 0.15) is 0 Å². The van der Waals surface area contributed by atoms with E-state index in [4.69, 9.17) is 12.2 Å². The average molecular weight is 194 g/mol. The van der Waals surface area contributed by atoms with E-state index in [1.165, 1.54) is 11.1 Å². The zero-order valence-corrected chi connectivity index (χ0v) is 8.96. The molecule has 0 aliphatic rings. The number of hydrogen-bond acceptors (Lipinski definition) is 1. The summed E-state index contributed by atoms with van der Waals surface area (Å²) in [5.41, 5.74) is 3.51. The first kappa shape index (κ1) is 9.99. The molecule has 0 unspecified atom stereocenters. The molecule has 0 aromatic heterocycles. The summed E-state index contributed by atoms with van der Waals surface area (Å²) in [6.45, 7) is 4.13. The average Bonchev–Trinajstić information content (AvgIpc) is 2.11. The molecule has 3 heteroatoms. The number of rotatable bonds is 1. The summed E-state index contributed by atoms with van der Waals surface area (Å²) in [5.74, 6) is 0. The second kappa shape index (κ2) is 4.23. The topological polar surface area (TPSA) is 24.1 Å². The van der Waals surface area contributed by atoms with Crippen LogP contribution in [0.1, 0.15) is 11.1 Å². The van der Waals surface area contributed by atoms with E-state index in [0.717, 1.165) is 5.69 Å². The standard InChI is InChI=1S/C10H14N2S/c1-7-5-4-6-8(2)9(7)12-10(13)11-3/h4-6H,1-3H3,(H2,11,12,13). The van der Waals surface area contributed by atoms with Crippen LogP contribution in [0.2, 0.25) is 0 Å². The molecule has 1 aromatic rings. The molecule has 0 saturated carbocycles. The quantitative estimate of drug-likeness (QED) is 0.670. The maximum Gasteiger partial charge on any atom is 0.170 e. The molecular formula is C10H14N2S. The van der Waals surface area contributed by atoms with Crippen molar-refractivity contribution in [2.75, 3.05) is 12.4 Å². The summed E-state index contributed by atoms with van der Waals surface area (Å²) in [5, 5.41) is 6.69. The zero-order valence-electron chi connectivity index (χ0n) is 8.14. The van der Waals surface area contributed by atoms with Crippen LogP contribution in [0.3, 0.4) is 0 Å². The summed E-state index contributed by atoms with van der Waals surface area (Å²) < 4.78 is 0. The number of thiocarbonyl (C=S) groups is 1. The van der Waals surface area contributed by atoms with Crippen LogP contribution in [-0.2, 0) is 0 Å². The van der Waals surface area contributed by atoms with Crippen molar-refractivity contribution in [1.82, 2.24) is 5.32 Å². The van der Waals surface area contributed by atoms with Crippen molar-refractivity contribution >= 4 is 23.0 Å². The monoisotopic (exact) mass is 194 g/mol. The maximum atomic E-state index is 5.03. The van der Waals surface area contributed by atoms with Crippen molar-refractivity contribution in [2.24, 2.45) is 0 Å². The first-order valence-electron chi connectivity index (χ1n) is 4.20. The van der Waals surface area contributed by atoms with Crippen molar-refractivity contribution in [1.29, 1.82) is 0 Å². The Labute approximate surface area is 84.3 Å². The van der Waals surface area contributed by atoms with Gasteiger partial charge in [0.15, 0.2) is 5.11 Å². The fourth-order valence-electron chi connectivity index (χ4n) is 1.19. The van der Waals surface area contributed by atoms with Crippen LogP contribution in [0.15, 0.2) is 18.2 Å². The molecule has 0 fully saturated rings. The van der Waals surface area contributed by atoms with Gasteiger partial charge < -0.3 is 10.6 Å². The van der Waals surface area contributed by atoms with Crippen molar-refractivity contribution in [3.05, 3.63) is 29.3 Å². The van der Waals surface area contributed by atoms with E-state index in [-0.39, 0.29) is 0 Å². The van der Waals surface area contributed by atoms with Crippen LogP contribution in [-0.4, -0.2) is 12.2 Å². The Kier molecular flexibility index (Phi) is 3.25. The third-order valence-electron chi connectivity index (χ3n) is 1.95. The second-order valence-corrected chi connectivity index (χ2v) is 3.38. The van der Waals surface area contributed by atoms with Gasteiger partial charge in [0.2, 0.25) is 0 Å². The predicted octanol–water partition coefficient (Wildman–Crippen LogP) is 2.22. The van der Waals surface area contributed by atoms with Crippen LogP contribution >= 0.6 is 12.2 Å². The number of nitrogens with one attached hydrogen (secondary N) is 2. The van der Waals surface area contributed by atoms with Crippen molar-refractivity contribution < 1.29 is 0 Å². The van der Waals surface area contributed by atoms with Crippen molar-refractivity contribution in [2.45, 2.75) is 13.8 Å². The lowest BCUT2D eigenvalue weighted by atomic mass is 10.1. The van der Waals surface area contributed by atoms with Crippen LogP contribution in [0.4, 0.5) is 5.69 Å². The molecule has 2 N–H and O–H groups in total. The van der Waals surface area contributed by atoms with E-state index in [2.05, 4.69) is 36.6 Å². The Morgan fingerprint density at radius 2 is 1.77 bits per heavy atom. The van der Waals surface area contributed by atoms with Gasteiger partial charge in [0.25, 0.3) is 0 Å². The van der Waals surface area contributed by atoms with E-state index >= 15 is 0 Å². The minimum absolute atomic E-state index is 0.650. The summed E-state index contributed by atoms with van der Waals surface area (Å²) >= 11 is 5.03. The Bertz CT molecular complexity index is 300. The van der Waals surface area contributed by atoms with Crippen LogP contribution in [0.25, 0.3) is 0 Å². The molecule has 1 rings (SSSR count). The third-order valence-corrected chi connectivity index (χ3v) is 2.25. The Hall–Kier alpha value is -1.09. The molecule has 0 aliphatic heterocycles. The van der Waals surface area contributed by atoms with Crippen LogP contribution in [0, 0.1) is 13.8 Å². The predicted molar refractivity (Wildman–Crippen MR) is 61.2 cm³/mol. The SMILES string of the molecule is CNC(=S)Nc1c(C)cccc1C. The fourth-order valence-corrected chi connectivity index (χ4v) is 1.29. The van der Waals surface area contributed by atoms with Gasteiger partial charge in [-0.1, -0.05) is 18.2 Å². The van der Waals surface area contributed by atoms with Crippen LogP contribution < -0.4 is 10.6 Å². The maximum absolute atomic E-state index is 5.03. The Morgan fingerprint density at radius 1 is 1.23 bits per heavy atom. The lowest BCUT2D eigenvalue weighted by molar-refractivity contribution is 1.19. The normalized spacial score (nSPS) is 9.46. The van der Waals surface area contributed by atoms with Gasteiger partial charge in [-0.25, -0.2) is 0 Å². The van der Waals surface area contributed by atoms with Gasteiger partial charge in [0, 0.05) is 12.7 Å². The molecule has 2 nitrogen and oxygen atoms in total. The van der Waals surface area contributed by atoms with E-state index in [0.29, 0.717) is 5.11 Å². The molecule has 1 aromatic carbocycles. The van der Waals surface area contributed by atoms with Crippen LogP contribution in [0.5, 0.6) is 0 Å². The fraction of sp³-hybridized carbons (Fsp3) is 0.300. The molecule has 0 aliphatic carbocycles. The smallest absolute Gasteiger partial charge is 0.170 e. The van der Waals surface area contributed by atoms with E-state index in [9.17, 15) is 0 Å². The van der Waals surface area contributed by atoms with Gasteiger partial charge in [-0.15, -0.1) is 0 Å². The molecule has 0 saturated heterocycles. The number of anilines is 1. The zero-order chi connectivity index (χ0) is 9.84. The molecular weight excluding hydrogens is 180 g/mol. The molecule has 0 amide bonds. The highest BCUT2D eigenvalue weighted by atomic mass is 32.1. The molecule has 0 atom stereocenters. The van der Waals surface area contributed by atoms with Gasteiger partial charge in [-0.2, -0.15) is 0 Å². The third kappa shape index (κ3) is 2.42. The lowest BCUT2D eigenvalue weighted by Crippen LogP contribution is -2.24. The number of para-hydroxylation sites is 1. The molecule has 13 heavy (non-hydrogen) atoms. The summed E-state index contributed by atoms with van der Waals surface area (Å²) in [7, 11) is 1.81. The van der Waals surface area contributed by atoms with E-state index in [1.54, 1.807) is 0 Å². The molecule has 70 valence electrons. The first-order chi connectivity index (χ1) is 6.15. The Morgan fingerprint density at radius 3 is 2.23 bits per heavy atom. The van der Waals surface area contributed by atoms with Gasteiger partial charge in [0.05, 0.1) is 0 Å². The van der Waals surface area contributed by atoms with Gasteiger partial charge in [-0.3, -0.25) is 0 Å². The largest absolute Gasteiger partial charge is 0.366 e. The molecule has 0 heterocycles. The highest BCUT2D eigenvalue weighted by Gasteiger charge is 2.01. The molecule has 0 spiro atoms. The highest BCUT2D eigenvalue weighted by Crippen LogP contribution is 2.18. The highest BCUT2D eigenvalue weighted by molar-refractivity contribution is 7.80. The first-order valence-corrected chi connectivity index (χ1v) is 4.61.